The highest BCUT2D eigenvalue weighted by Gasteiger charge is 1.93. The van der Waals surface area contributed by atoms with Crippen molar-refractivity contribution in [3.05, 3.63) is 59.7 Å². The second-order valence-corrected chi connectivity index (χ2v) is 3.50. The maximum atomic E-state index is 10.0. The van der Waals surface area contributed by atoms with Gasteiger partial charge in [0.15, 0.2) is 0 Å². The van der Waals surface area contributed by atoms with Gasteiger partial charge < -0.3 is 10.2 Å². The first-order chi connectivity index (χ1) is 8.13. The van der Waals surface area contributed by atoms with E-state index < -0.39 is 0 Å². The molecule has 0 atom stereocenters. The van der Waals surface area contributed by atoms with Crippen LogP contribution in [0.15, 0.2) is 48.5 Å². The first kappa shape index (κ1) is 12.8. The summed E-state index contributed by atoms with van der Waals surface area (Å²) in [6.07, 6.45) is 0.833. The Hall–Kier alpha value is -2.29. The van der Waals surface area contributed by atoms with E-state index in [1.165, 1.54) is 12.1 Å². The van der Waals surface area contributed by atoms with Crippen molar-refractivity contribution in [1.82, 2.24) is 0 Å². The van der Waals surface area contributed by atoms with Gasteiger partial charge in [-0.05, 0) is 18.6 Å². The highest BCUT2D eigenvalue weighted by atomic mass is 16.3. The molecule has 0 spiro atoms. The first-order valence-electron chi connectivity index (χ1n) is 5.12. The predicted molar refractivity (Wildman–Crippen MR) is 66.3 cm³/mol. The first-order valence-corrected chi connectivity index (χ1v) is 5.12. The Labute approximate surface area is 100.0 Å². The van der Waals surface area contributed by atoms with Gasteiger partial charge in [-0.1, -0.05) is 36.4 Å². The molecule has 0 fully saturated rings. The number of carbonyl (C=O) groups is 1. The molecule has 0 heterocycles. The van der Waals surface area contributed by atoms with Gasteiger partial charge in [-0.3, -0.25) is 4.79 Å². The average molecular weight is 230 g/mol. The standard InChI is InChI=1S/C7H8O2.C7H6O/c1-5-2-3-6(8)4-7(5)9;8-6-7-4-2-1-3-5-7/h2-4,8-9H,1H3;1-6H. The lowest BCUT2D eigenvalue weighted by Crippen LogP contribution is -1.73. The molecule has 17 heavy (non-hydrogen) atoms. The summed E-state index contributed by atoms with van der Waals surface area (Å²) in [6.45, 7) is 1.77. The lowest BCUT2D eigenvalue weighted by atomic mass is 10.2. The largest absolute Gasteiger partial charge is 0.508 e. The zero-order valence-corrected chi connectivity index (χ0v) is 9.50. The Morgan fingerprint density at radius 3 is 2.06 bits per heavy atom. The van der Waals surface area contributed by atoms with E-state index in [9.17, 15) is 4.79 Å². The van der Waals surface area contributed by atoms with Crippen molar-refractivity contribution >= 4 is 6.29 Å². The van der Waals surface area contributed by atoms with Crippen molar-refractivity contribution in [3.63, 3.8) is 0 Å². The molecule has 0 radical (unpaired) electrons. The molecule has 88 valence electrons. The Bertz CT molecular complexity index is 478. The molecule has 0 amide bonds. The Morgan fingerprint density at radius 1 is 1.00 bits per heavy atom. The molecule has 0 aliphatic carbocycles. The predicted octanol–water partition coefficient (Wildman–Crippen LogP) is 2.91. The molecule has 0 bridgehead atoms. The number of rotatable bonds is 1. The second kappa shape index (κ2) is 6.33. The zero-order chi connectivity index (χ0) is 12.7. The maximum Gasteiger partial charge on any atom is 0.150 e. The Kier molecular flexibility index (Phi) is 4.76. The number of aryl methyl sites for hydroxylation is 1. The summed E-state index contributed by atoms with van der Waals surface area (Å²) in [5.41, 5.74) is 1.50. The summed E-state index contributed by atoms with van der Waals surface area (Å²) < 4.78 is 0. The molecule has 3 nitrogen and oxygen atoms in total. The van der Waals surface area contributed by atoms with Crippen LogP contribution >= 0.6 is 0 Å². The minimum Gasteiger partial charge on any atom is -0.508 e. The fraction of sp³-hybridized carbons (Fsp3) is 0.0714. The summed E-state index contributed by atoms with van der Waals surface area (Å²) in [7, 11) is 0. The summed E-state index contributed by atoms with van der Waals surface area (Å²) in [5, 5.41) is 17.7. The van der Waals surface area contributed by atoms with Gasteiger partial charge in [0.1, 0.15) is 17.8 Å². The molecule has 0 aromatic heterocycles. The molecule has 3 heteroatoms. The SMILES string of the molecule is Cc1ccc(O)cc1O.O=Cc1ccccc1. The van der Waals surface area contributed by atoms with Gasteiger partial charge in [-0.2, -0.15) is 0 Å². The number of carbonyl (C=O) groups excluding carboxylic acids is 1. The van der Waals surface area contributed by atoms with Gasteiger partial charge in [-0.25, -0.2) is 0 Å². The molecule has 2 N–H and O–H groups in total. The summed E-state index contributed by atoms with van der Waals surface area (Å²) in [4.78, 5) is 10.0. The molecule has 0 aliphatic heterocycles. The van der Waals surface area contributed by atoms with Gasteiger partial charge in [-0.15, -0.1) is 0 Å². The highest BCUT2D eigenvalue weighted by molar-refractivity contribution is 5.74. The molecule has 2 aromatic carbocycles. The number of aromatic hydroxyl groups is 2. The van der Waals surface area contributed by atoms with Crippen molar-refractivity contribution < 1.29 is 15.0 Å². The van der Waals surface area contributed by atoms with Crippen LogP contribution < -0.4 is 0 Å². The summed E-state index contributed by atoms with van der Waals surface area (Å²) >= 11 is 0. The van der Waals surface area contributed by atoms with Crippen LogP contribution in [0, 0.1) is 6.92 Å². The molecule has 0 saturated heterocycles. The number of benzene rings is 2. The zero-order valence-electron chi connectivity index (χ0n) is 9.50. The van der Waals surface area contributed by atoms with E-state index in [-0.39, 0.29) is 11.5 Å². The fourth-order valence-electron chi connectivity index (χ4n) is 1.13. The number of hydrogen-bond acceptors (Lipinski definition) is 3. The van der Waals surface area contributed by atoms with Gasteiger partial charge in [0.05, 0.1) is 0 Å². The third-order valence-corrected chi connectivity index (χ3v) is 2.13. The normalized spacial score (nSPS) is 9.00. The number of aldehydes is 1. The van der Waals surface area contributed by atoms with E-state index in [1.54, 1.807) is 25.1 Å². The average Bonchev–Trinajstić information content (AvgIpc) is 2.36. The fourth-order valence-corrected chi connectivity index (χ4v) is 1.13. The number of hydrogen-bond donors (Lipinski definition) is 2. The molecular weight excluding hydrogens is 216 g/mol. The second-order valence-electron chi connectivity index (χ2n) is 3.50. The molecule has 0 aliphatic rings. The third-order valence-electron chi connectivity index (χ3n) is 2.13. The molecule has 2 rings (SSSR count). The monoisotopic (exact) mass is 230 g/mol. The van der Waals surface area contributed by atoms with Gasteiger partial charge >= 0.3 is 0 Å². The van der Waals surface area contributed by atoms with Crippen molar-refractivity contribution in [2.45, 2.75) is 6.92 Å². The van der Waals surface area contributed by atoms with E-state index in [0.717, 1.165) is 17.4 Å². The quantitative estimate of drug-likeness (QED) is 0.740. The Morgan fingerprint density at radius 2 is 1.65 bits per heavy atom. The van der Waals surface area contributed by atoms with E-state index in [1.807, 2.05) is 18.2 Å². The van der Waals surface area contributed by atoms with Crippen molar-refractivity contribution in [1.29, 1.82) is 0 Å². The smallest absolute Gasteiger partial charge is 0.150 e. The van der Waals surface area contributed by atoms with Gasteiger partial charge in [0.25, 0.3) is 0 Å². The molecular formula is C14H14O3. The highest BCUT2D eigenvalue weighted by Crippen LogP contribution is 2.20. The van der Waals surface area contributed by atoms with Crippen LogP contribution in [-0.4, -0.2) is 16.5 Å². The molecule has 0 unspecified atom stereocenters. The van der Waals surface area contributed by atoms with Crippen LogP contribution in [0.25, 0.3) is 0 Å². The maximum absolute atomic E-state index is 10.0. The Balaban J connectivity index is 0.000000171. The van der Waals surface area contributed by atoms with Gasteiger partial charge in [0, 0.05) is 11.6 Å². The molecule has 2 aromatic rings. The minimum absolute atomic E-state index is 0.0955. The van der Waals surface area contributed by atoms with E-state index >= 15 is 0 Å². The summed E-state index contributed by atoms with van der Waals surface area (Å²) in [5.74, 6) is 0.230. The van der Waals surface area contributed by atoms with Crippen LogP contribution in [0.3, 0.4) is 0 Å². The van der Waals surface area contributed by atoms with Crippen LogP contribution in [0.5, 0.6) is 11.5 Å². The number of phenols is 2. The lowest BCUT2D eigenvalue weighted by Gasteiger charge is -1.96. The lowest BCUT2D eigenvalue weighted by molar-refractivity contribution is 0.112. The van der Waals surface area contributed by atoms with Crippen LogP contribution in [0.1, 0.15) is 15.9 Å². The van der Waals surface area contributed by atoms with Gasteiger partial charge in [0.2, 0.25) is 0 Å². The van der Waals surface area contributed by atoms with Crippen LogP contribution in [0.4, 0.5) is 0 Å². The minimum atomic E-state index is 0.0955. The van der Waals surface area contributed by atoms with Crippen molar-refractivity contribution in [2.75, 3.05) is 0 Å². The van der Waals surface area contributed by atoms with Crippen molar-refractivity contribution in [2.24, 2.45) is 0 Å². The third kappa shape index (κ3) is 4.38. The summed E-state index contributed by atoms with van der Waals surface area (Å²) in [6, 6.07) is 13.6. The van der Waals surface area contributed by atoms with E-state index in [0.29, 0.717) is 0 Å². The topological polar surface area (TPSA) is 57.5 Å². The van der Waals surface area contributed by atoms with Crippen LogP contribution in [-0.2, 0) is 0 Å². The van der Waals surface area contributed by atoms with E-state index in [2.05, 4.69) is 0 Å². The van der Waals surface area contributed by atoms with E-state index in [4.69, 9.17) is 10.2 Å². The molecule has 0 saturated carbocycles. The number of phenolic OH excluding ortho intramolecular Hbond substituents is 2. The van der Waals surface area contributed by atoms with Crippen LogP contribution in [0.2, 0.25) is 0 Å². The van der Waals surface area contributed by atoms with Crippen molar-refractivity contribution in [3.8, 4) is 11.5 Å².